The minimum absolute atomic E-state index is 0.673. The molecule has 0 spiro atoms. The van der Waals surface area contributed by atoms with Crippen molar-refractivity contribution in [2.24, 2.45) is 5.73 Å². The van der Waals surface area contributed by atoms with E-state index in [1.54, 1.807) is 0 Å². The first kappa shape index (κ1) is 10.6. The van der Waals surface area contributed by atoms with Gasteiger partial charge in [-0.1, -0.05) is 6.42 Å². The Kier molecular flexibility index (Phi) is 3.75. The minimum atomic E-state index is 0.673. The molecule has 0 bridgehead atoms. The van der Waals surface area contributed by atoms with Crippen LogP contribution in [0.4, 0.5) is 0 Å². The standard InChI is InChI=1S/C11H20N4/c12-6-4-11-3-1-2-8-15(11)9-10-5-7-13-14-10/h5,7,11H,1-4,6,8-9,12H2,(H,13,14). The zero-order valence-corrected chi connectivity index (χ0v) is 9.15. The SMILES string of the molecule is NCCC1CCCCN1Cc1ccn[nH]1. The highest BCUT2D eigenvalue weighted by atomic mass is 15.2. The average molecular weight is 208 g/mol. The number of nitrogens with zero attached hydrogens (tertiary/aromatic N) is 2. The van der Waals surface area contributed by atoms with Crippen LogP contribution >= 0.6 is 0 Å². The van der Waals surface area contributed by atoms with Crippen molar-refractivity contribution in [2.75, 3.05) is 13.1 Å². The first-order chi connectivity index (χ1) is 7.40. The number of nitrogens with two attached hydrogens (primary N) is 1. The van der Waals surface area contributed by atoms with Crippen LogP contribution in [0.25, 0.3) is 0 Å². The van der Waals surface area contributed by atoms with Crippen molar-refractivity contribution >= 4 is 0 Å². The quantitative estimate of drug-likeness (QED) is 0.779. The van der Waals surface area contributed by atoms with Gasteiger partial charge in [0, 0.05) is 24.5 Å². The van der Waals surface area contributed by atoms with Gasteiger partial charge in [0.2, 0.25) is 0 Å². The van der Waals surface area contributed by atoms with Crippen LogP contribution in [-0.2, 0) is 6.54 Å². The number of hydrogen-bond acceptors (Lipinski definition) is 3. The van der Waals surface area contributed by atoms with Crippen molar-refractivity contribution in [3.05, 3.63) is 18.0 Å². The summed E-state index contributed by atoms with van der Waals surface area (Å²) in [5.74, 6) is 0. The Morgan fingerprint density at radius 3 is 3.20 bits per heavy atom. The summed E-state index contributed by atoms with van der Waals surface area (Å²) >= 11 is 0. The smallest absolute Gasteiger partial charge is 0.0492 e. The van der Waals surface area contributed by atoms with E-state index in [2.05, 4.69) is 15.1 Å². The number of aromatic amines is 1. The fourth-order valence-corrected chi connectivity index (χ4v) is 2.38. The van der Waals surface area contributed by atoms with Gasteiger partial charge in [-0.15, -0.1) is 0 Å². The second-order valence-corrected chi connectivity index (χ2v) is 4.28. The van der Waals surface area contributed by atoms with Gasteiger partial charge < -0.3 is 5.73 Å². The predicted octanol–water partition coefficient (Wildman–Crippen LogP) is 1.11. The van der Waals surface area contributed by atoms with Crippen LogP contribution < -0.4 is 5.73 Å². The molecule has 4 nitrogen and oxygen atoms in total. The normalized spacial score (nSPS) is 23.1. The molecule has 1 aromatic heterocycles. The Hall–Kier alpha value is -0.870. The van der Waals surface area contributed by atoms with Crippen LogP contribution in [0.1, 0.15) is 31.4 Å². The van der Waals surface area contributed by atoms with Gasteiger partial charge in [-0.05, 0) is 38.4 Å². The molecular formula is C11H20N4. The number of piperidine rings is 1. The third kappa shape index (κ3) is 2.79. The van der Waals surface area contributed by atoms with Crippen LogP contribution in [0.5, 0.6) is 0 Å². The molecule has 84 valence electrons. The van der Waals surface area contributed by atoms with E-state index in [9.17, 15) is 0 Å². The number of H-pyrrole nitrogens is 1. The summed E-state index contributed by atoms with van der Waals surface area (Å²) < 4.78 is 0. The molecule has 1 atom stereocenters. The Balaban J connectivity index is 1.92. The van der Waals surface area contributed by atoms with E-state index in [1.165, 1.54) is 31.5 Å². The van der Waals surface area contributed by atoms with E-state index >= 15 is 0 Å². The highest BCUT2D eigenvalue weighted by molar-refractivity contribution is 4.98. The minimum Gasteiger partial charge on any atom is -0.330 e. The molecule has 0 amide bonds. The molecule has 2 heterocycles. The summed E-state index contributed by atoms with van der Waals surface area (Å²) in [5, 5.41) is 7.01. The lowest BCUT2D eigenvalue weighted by molar-refractivity contribution is 0.132. The average Bonchev–Trinajstić information content (AvgIpc) is 2.74. The van der Waals surface area contributed by atoms with Gasteiger partial charge in [0.1, 0.15) is 0 Å². The highest BCUT2D eigenvalue weighted by Crippen LogP contribution is 2.20. The first-order valence-corrected chi connectivity index (χ1v) is 5.82. The second kappa shape index (κ2) is 5.28. The number of likely N-dealkylation sites (tertiary alicyclic amines) is 1. The molecule has 1 aromatic rings. The molecule has 0 aromatic carbocycles. The molecule has 1 fully saturated rings. The van der Waals surface area contributed by atoms with Gasteiger partial charge in [-0.25, -0.2) is 0 Å². The zero-order chi connectivity index (χ0) is 10.5. The molecule has 3 N–H and O–H groups in total. The molecule has 4 heteroatoms. The van der Waals surface area contributed by atoms with E-state index in [0.717, 1.165) is 19.5 Å². The Morgan fingerprint density at radius 1 is 1.53 bits per heavy atom. The molecule has 1 aliphatic rings. The van der Waals surface area contributed by atoms with Gasteiger partial charge in [0.15, 0.2) is 0 Å². The Labute approximate surface area is 90.8 Å². The van der Waals surface area contributed by atoms with E-state index in [0.29, 0.717) is 6.04 Å². The fourth-order valence-electron chi connectivity index (χ4n) is 2.38. The van der Waals surface area contributed by atoms with Crippen molar-refractivity contribution in [2.45, 2.75) is 38.3 Å². The molecule has 0 saturated carbocycles. The Bertz CT molecular complexity index is 268. The molecule has 15 heavy (non-hydrogen) atoms. The summed E-state index contributed by atoms with van der Waals surface area (Å²) in [6.07, 6.45) is 6.90. The van der Waals surface area contributed by atoms with E-state index < -0.39 is 0 Å². The van der Waals surface area contributed by atoms with E-state index in [-0.39, 0.29) is 0 Å². The number of hydrogen-bond donors (Lipinski definition) is 2. The van der Waals surface area contributed by atoms with Crippen LogP contribution in [-0.4, -0.2) is 34.2 Å². The molecule has 1 unspecified atom stereocenters. The molecule has 0 radical (unpaired) electrons. The molecule has 2 rings (SSSR count). The van der Waals surface area contributed by atoms with Crippen molar-refractivity contribution in [1.82, 2.24) is 15.1 Å². The third-order valence-electron chi connectivity index (χ3n) is 3.18. The monoisotopic (exact) mass is 208 g/mol. The van der Waals surface area contributed by atoms with E-state index in [4.69, 9.17) is 5.73 Å². The number of nitrogens with one attached hydrogen (secondary N) is 1. The molecular weight excluding hydrogens is 188 g/mol. The summed E-state index contributed by atoms with van der Waals surface area (Å²) in [7, 11) is 0. The highest BCUT2D eigenvalue weighted by Gasteiger charge is 2.21. The van der Waals surface area contributed by atoms with Crippen LogP contribution in [0.3, 0.4) is 0 Å². The molecule has 1 aliphatic heterocycles. The fraction of sp³-hybridized carbons (Fsp3) is 0.727. The van der Waals surface area contributed by atoms with Gasteiger partial charge in [-0.2, -0.15) is 5.10 Å². The van der Waals surface area contributed by atoms with Gasteiger partial charge in [0.05, 0.1) is 0 Å². The van der Waals surface area contributed by atoms with E-state index in [1.807, 2.05) is 12.3 Å². The van der Waals surface area contributed by atoms with Crippen LogP contribution in [0.15, 0.2) is 12.3 Å². The maximum Gasteiger partial charge on any atom is 0.0492 e. The predicted molar refractivity (Wildman–Crippen MR) is 60.3 cm³/mol. The van der Waals surface area contributed by atoms with Crippen LogP contribution in [0, 0.1) is 0 Å². The topological polar surface area (TPSA) is 57.9 Å². The van der Waals surface area contributed by atoms with Gasteiger partial charge in [-0.3, -0.25) is 10.00 Å². The van der Waals surface area contributed by atoms with Crippen molar-refractivity contribution in [3.8, 4) is 0 Å². The second-order valence-electron chi connectivity index (χ2n) is 4.28. The summed E-state index contributed by atoms with van der Waals surface area (Å²) in [4.78, 5) is 2.53. The Morgan fingerprint density at radius 2 is 2.47 bits per heavy atom. The van der Waals surface area contributed by atoms with Crippen molar-refractivity contribution in [1.29, 1.82) is 0 Å². The first-order valence-electron chi connectivity index (χ1n) is 5.82. The van der Waals surface area contributed by atoms with Gasteiger partial charge in [0.25, 0.3) is 0 Å². The lowest BCUT2D eigenvalue weighted by atomic mass is 9.99. The third-order valence-corrected chi connectivity index (χ3v) is 3.18. The van der Waals surface area contributed by atoms with Crippen molar-refractivity contribution < 1.29 is 0 Å². The maximum absolute atomic E-state index is 5.65. The zero-order valence-electron chi connectivity index (χ0n) is 9.15. The lowest BCUT2D eigenvalue weighted by Crippen LogP contribution is -2.40. The van der Waals surface area contributed by atoms with Gasteiger partial charge >= 0.3 is 0 Å². The number of aromatic nitrogens is 2. The lowest BCUT2D eigenvalue weighted by Gasteiger charge is -2.35. The maximum atomic E-state index is 5.65. The van der Waals surface area contributed by atoms with Crippen molar-refractivity contribution in [3.63, 3.8) is 0 Å². The summed E-state index contributed by atoms with van der Waals surface area (Å²) in [6.45, 7) is 2.98. The largest absolute Gasteiger partial charge is 0.330 e. The summed E-state index contributed by atoms with van der Waals surface area (Å²) in [6, 6.07) is 2.72. The summed E-state index contributed by atoms with van der Waals surface area (Å²) in [5.41, 5.74) is 6.86. The molecule has 1 saturated heterocycles. The molecule has 0 aliphatic carbocycles. The van der Waals surface area contributed by atoms with Crippen LogP contribution in [0.2, 0.25) is 0 Å². The number of rotatable bonds is 4.